The summed E-state index contributed by atoms with van der Waals surface area (Å²) in [6, 6.07) is 19.3. The van der Waals surface area contributed by atoms with Gasteiger partial charge < -0.3 is 19.4 Å². The number of pyridine rings is 1. The molecule has 0 radical (unpaired) electrons. The molecule has 1 N–H and O–H groups in total. The number of ether oxygens (including phenoxy) is 2. The molecule has 4 aromatic rings. The Morgan fingerprint density at radius 2 is 1.67 bits per heavy atom. The van der Waals surface area contributed by atoms with Crippen LogP contribution in [0.4, 0.5) is 0 Å². The normalized spacial score (nSPS) is 10.9. The van der Waals surface area contributed by atoms with Crippen LogP contribution in [0.3, 0.4) is 0 Å². The highest BCUT2D eigenvalue weighted by atomic mass is 16.5. The van der Waals surface area contributed by atoms with Crippen molar-refractivity contribution in [3.05, 3.63) is 104 Å². The summed E-state index contributed by atoms with van der Waals surface area (Å²) in [5, 5.41) is 0.984. The fraction of sp³-hybridized carbons (Fsp3) is 0.267. The Morgan fingerprint density at radius 1 is 0.889 bits per heavy atom. The third kappa shape index (κ3) is 5.43. The zero-order valence-corrected chi connectivity index (χ0v) is 21.5. The molecule has 1 amide bonds. The number of methoxy groups -OCH3 is 2. The molecule has 36 heavy (non-hydrogen) atoms. The standard InChI is InChI=1S/C30H32N2O4/c1-19-7-6-8-23(14-19)30(34)32(12-11-22-9-10-27(35-4)28(16-22)36-5)18-24-17-25-21(3)13-20(2)15-26(25)31-29(24)33/h6-10,13-17H,11-12,18H2,1-5H3,(H,31,33). The third-order valence-electron chi connectivity index (χ3n) is 6.42. The summed E-state index contributed by atoms with van der Waals surface area (Å²) in [5.41, 5.74) is 5.99. The molecule has 3 aromatic carbocycles. The first kappa shape index (κ1) is 25.0. The molecule has 6 heteroatoms. The summed E-state index contributed by atoms with van der Waals surface area (Å²) in [6.45, 7) is 6.65. The van der Waals surface area contributed by atoms with Crippen molar-refractivity contribution in [3.8, 4) is 11.5 Å². The molecule has 186 valence electrons. The van der Waals surface area contributed by atoms with E-state index >= 15 is 0 Å². The molecule has 4 rings (SSSR count). The van der Waals surface area contributed by atoms with Crippen LogP contribution in [-0.4, -0.2) is 36.6 Å². The first-order chi connectivity index (χ1) is 17.3. The van der Waals surface area contributed by atoms with E-state index < -0.39 is 0 Å². The van der Waals surface area contributed by atoms with E-state index in [1.54, 1.807) is 19.1 Å². The SMILES string of the molecule is COc1ccc(CCN(Cc2cc3c(C)cc(C)cc3[nH]c2=O)C(=O)c2cccc(C)c2)cc1OC. The molecule has 0 atom stereocenters. The van der Waals surface area contributed by atoms with Crippen LogP contribution in [0.2, 0.25) is 0 Å². The van der Waals surface area contributed by atoms with Gasteiger partial charge in [0, 0.05) is 28.6 Å². The predicted octanol–water partition coefficient (Wildman–Crippen LogP) is 5.36. The second kappa shape index (κ2) is 10.7. The van der Waals surface area contributed by atoms with Gasteiger partial charge in [-0.05, 0) is 80.3 Å². The van der Waals surface area contributed by atoms with Crippen LogP contribution in [0.5, 0.6) is 11.5 Å². The number of carbonyl (C=O) groups excluding carboxylic acids is 1. The highest BCUT2D eigenvalue weighted by Crippen LogP contribution is 2.28. The van der Waals surface area contributed by atoms with Crippen LogP contribution in [0, 0.1) is 20.8 Å². The summed E-state index contributed by atoms with van der Waals surface area (Å²) in [6.07, 6.45) is 0.599. The molecule has 0 aliphatic carbocycles. The van der Waals surface area contributed by atoms with Gasteiger partial charge in [-0.1, -0.05) is 29.8 Å². The Morgan fingerprint density at radius 3 is 2.39 bits per heavy atom. The van der Waals surface area contributed by atoms with Crippen molar-refractivity contribution in [1.82, 2.24) is 9.88 Å². The smallest absolute Gasteiger partial charge is 0.254 e. The molecule has 0 unspecified atom stereocenters. The fourth-order valence-corrected chi connectivity index (χ4v) is 4.55. The van der Waals surface area contributed by atoms with Crippen molar-refractivity contribution in [2.75, 3.05) is 20.8 Å². The number of nitrogens with one attached hydrogen (secondary N) is 1. The molecule has 0 aliphatic heterocycles. The fourth-order valence-electron chi connectivity index (χ4n) is 4.55. The Labute approximate surface area is 211 Å². The van der Waals surface area contributed by atoms with Crippen LogP contribution >= 0.6 is 0 Å². The highest BCUT2D eigenvalue weighted by molar-refractivity contribution is 5.94. The van der Waals surface area contributed by atoms with Gasteiger partial charge in [-0.2, -0.15) is 0 Å². The van der Waals surface area contributed by atoms with Gasteiger partial charge in [0.2, 0.25) is 0 Å². The van der Waals surface area contributed by atoms with Crippen LogP contribution < -0.4 is 15.0 Å². The van der Waals surface area contributed by atoms with Crippen molar-refractivity contribution in [2.24, 2.45) is 0 Å². The third-order valence-corrected chi connectivity index (χ3v) is 6.42. The lowest BCUT2D eigenvalue weighted by Crippen LogP contribution is -2.34. The largest absolute Gasteiger partial charge is 0.493 e. The molecule has 0 fully saturated rings. The lowest BCUT2D eigenvalue weighted by atomic mass is 10.0. The van der Waals surface area contributed by atoms with Crippen LogP contribution in [0.25, 0.3) is 10.9 Å². The van der Waals surface area contributed by atoms with E-state index in [1.165, 1.54) is 0 Å². The summed E-state index contributed by atoms with van der Waals surface area (Å²) in [4.78, 5) is 31.4. The molecule has 0 bridgehead atoms. The monoisotopic (exact) mass is 484 g/mol. The van der Waals surface area contributed by atoms with Gasteiger partial charge in [0.1, 0.15) is 0 Å². The Kier molecular flexibility index (Phi) is 7.44. The first-order valence-corrected chi connectivity index (χ1v) is 12.0. The van der Waals surface area contributed by atoms with Gasteiger partial charge in [-0.15, -0.1) is 0 Å². The van der Waals surface area contributed by atoms with E-state index in [1.807, 2.05) is 75.4 Å². The number of aromatic amines is 1. The zero-order valence-electron chi connectivity index (χ0n) is 21.5. The topological polar surface area (TPSA) is 71.6 Å². The van der Waals surface area contributed by atoms with E-state index in [4.69, 9.17) is 9.47 Å². The van der Waals surface area contributed by atoms with Crippen LogP contribution in [0.1, 0.15) is 38.2 Å². The second-order valence-electron chi connectivity index (χ2n) is 9.20. The minimum absolute atomic E-state index is 0.112. The van der Waals surface area contributed by atoms with Gasteiger partial charge in [-0.25, -0.2) is 0 Å². The molecule has 0 saturated heterocycles. The number of fused-ring (bicyclic) bond motifs is 1. The number of H-pyrrole nitrogens is 1. The maximum Gasteiger partial charge on any atom is 0.254 e. The van der Waals surface area contributed by atoms with E-state index in [0.29, 0.717) is 35.6 Å². The maximum atomic E-state index is 13.6. The lowest BCUT2D eigenvalue weighted by Gasteiger charge is -2.23. The van der Waals surface area contributed by atoms with E-state index in [-0.39, 0.29) is 18.0 Å². The molecular weight excluding hydrogens is 452 g/mol. The minimum atomic E-state index is -0.180. The maximum absolute atomic E-state index is 13.6. The number of hydrogen-bond donors (Lipinski definition) is 1. The molecule has 1 aromatic heterocycles. The van der Waals surface area contributed by atoms with Crippen LogP contribution in [0.15, 0.2) is 65.5 Å². The number of nitrogens with zero attached hydrogens (tertiary/aromatic N) is 1. The van der Waals surface area contributed by atoms with Gasteiger partial charge in [0.15, 0.2) is 11.5 Å². The number of benzene rings is 3. The summed E-state index contributed by atoms with van der Waals surface area (Å²) in [5.74, 6) is 1.19. The van der Waals surface area contributed by atoms with Gasteiger partial charge >= 0.3 is 0 Å². The van der Waals surface area contributed by atoms with Crippen molar-refractivity contribution in [3.63, 3.8) is 0 Å². The van der Waals surface area contributed by atoms with E-state index in [2.05, 4.69) is 11.1 Å². The van der Waals surface area contributed by atoms with Gasteiger partial charge in [0.25, 0.3) is 11.5 Å². The quantitative estimate of drug-likeness (QED) is 0.366. The molecule has 1 heterocycles. The average molecular weight is 485 g/mol. The number of amides is 1. The first-order valence-electron chi connectivity index (χ1n) is 12.0. The Balaban J connectivity index is 1.67. The number of rotatable bonds is 8. The molecule has 0 aliphatic rings. The summed E-state index contributed by atoms with van der Waals surface area (Å²) in [7, 11) is 3.20. The Hall–Kier alpha value is -4.06. The van der Waals surface area contributed by atoms with E-state index in [0.717, 1.165) is 33.2 Å². The minimum Gasteiger partial charge on any atom is -0.493 e. The summed E-state index contributed by atoms with van der Waals surface area (Å²) < 4.78 is 10.8. The molecular formula is C30H32N2O4. The molecule has 0 saturated carbocycles. The Bertz CT molecular complexity index is 1470. The number of carbonyl (C=O) groups is 1. The van der Waals surface area contributed by atoms with E-state index in [9.17, 15) is 9.59 Å². The average Bonchev–Trinajstić information content (AvgIpc) is 2.86. The number of aryl methyl sites for hydroxylation is 3. The van der Waals surface area contributed by atoms with Gasteiger partial charge in [0.05, 0.1) is 20.8 Å². The van der Waals surface area contributed by atoms with Crippen molar-refractivity contribution in [1.29, 1.82) is 0 Å². The predicted molar refractivity (Wildman–Crippen MR) is 143 cm³/mol. The molecule has 0 spiro atoms. The lowest BCUT2D eigenvalue weighted by molar-refractivity contribution is 0.0744. The van der Waals surface area contributed by atoms with Crippen molar-refractivity contribution in [2.45, 2.75) is 33.7 Å². The number of hydrogen-bond acceptors (Lipinski definition) is 4. The summed E-state index contributed by atoms with van der Waals surface area (Å²) >= 11 is 0. The second-order valence-corrected chi connectivity index (χ2v) is 9.20. The van der Waals surface area contributed by atoms with Crippen molar-refractivity contribution >= 4 is 16.8 Å². The highest BCUT2D eigenvalue weighted by Gasteiger charge is 2.19. The number of aromatic nitrogens is 1. The van der Waals surface area contributed by atoms with Crippen molar-refractivity contribution < 1.29 is 14.3 Å². The van der Waals surface area contributed by atoms with Crippen LogP contribution in [-0.2, 0) is 13.0 Å². The zero-order chi connectivity index (χ0) is 25.8. The molecule has 6 nitrogen and oxygen atoms in total. The van der Waals surface area contributed by atoms with Gasteiger partial charge in [-0.3, -0.25) is 9.59 Å².